The maximum absolute atomic E-state index is 14.2. The van der Waals surface area contributed by atoms with Crippen molar-refractivity contribution in [3.63, 3.8) is 0 Å². The number of para-hydroxylation sites is 1. The fraction of sp³-hybridized carbons (Fsp3) is 0.387. The van der Waals surface area contributed by atoms with Gasteiger partial charge in [0.15, 0.2) is 0 Å². The molecule has 40 heavy (non-hydrogen) atoms. The largest absolute Gasteiger partial charge is 0.456 e. The second-order valence-corrected chi connectivity index (χ2v) is 13.1. The second-order valence-electron chi connectivity index (χ2n) is 10.6. The summed E-state index contributed by atoms with van der Waals surface area (Å²) in [6, 6.07) is 18.2. The maximum Gasteiger partial charge on any atom is 0.261 e. The first-order valence-corrected chi connectivity index (χ1v) is 16.2. The van der Waals surface area contributed by atoms with E-state index in [1.807, 2.05) is 0 Å². The second kappa shape index (κ2) is 12.8. The summed E-state index contributed by atoms with van der Waals surface area (Å²) in [5, 5.41) is 0.843. The van der Waals surface area contributed by atoms with Gasteiger partial charge in [0.05, 0.1) is 21.2 Å². The van der Waals surface area contributed by atoms with Gasteiger partial charge >= 0.3 is 0 Å². The van der Waals surface area contributed by atoms with Crippen molar-refractivity contribution in [3.8, 4) is 11.5 Å². The van der Waals surface area contributed by atoms with E-state index in [1.54, 1.807) is 54.6 Å². The lowest BCUT2D eigenvalue weighted by molar-refractivity contribution is 0.0449. The first kappa shape index (κ1) is 28.8. The molecular weight excluding hydrogens is 567 g/mol. The van der Waals surface area contributed by atoms with E-state index in [-0.39, 0.29) is 34.1 Å². The van der Waals surface area contributed by atoms with Gasteiger partial charge < -0.3 is 9.64 Å². The van der Waals surface area contributed by atoms with Crippen molar-refractivity contribution in [1.29, 1.82) is 0 Å². The molecule has 2 aliphatic rings. The number of nitrogens with zero attached hydrogens (tertiary/aromatic N) is 1. The topological polar surface area (TPSA) is 75.7 Å². The quantitative estimate of drug-likeness (QED) is 0.280. The number of carbonyl (C=O) groups excluding carboxylic acids is 1. The van der Waals surface area contributed by atoms with Gasteiger partial charge in [-0.25, -0.2) is 8.42 Å². The third-order valence-electron chi connectivity index (χ3n) is 7.83. The Morgan fingerprint density at radius 3 is 2.00 bits per heavy atom. The minimum absolute atomic E-state index is 0.0452. The zero-order valence-electron chi connectivity index (χ0n) is 22.3. The standard InChI is InChI=1S/C31H34Cl2N2O4S/c32-22-15-20-29(27(21-22)31(36)35(23-9-3-1-4-10-23)24-11-5-2-6-12-24)34-40(37,38)26-18-16-25(17-19-26)39-30-14-8-7-13-28(30)33/h7-8,13-21,23-24,34H,1-6,9-12H2. The molecule has 0 bridgehead atoms. The number of halogens is 2. The zero-order valence-corrected chi connectivity index (χ0v) is 24.6. The number of nitrogens with one attached hydrogen (secondary N) is 1. The van der Waals surface area contributed by atoms with Crippen LogP contribution >= 0.6 is 23.2 Å². The third-order valence-corrected chi connectivity index (χ3v) is 9.75. The number of hydrogen-bond acceptors (Lipinski definition) is 4. The Hall–Kier alpha value is -2.74. The lowest BCUT2D eigenvalue weighted by atomic mass is 9.88. The number of ether oxygens (including phenoxy) is 1. The van der Waals surface area contributed by atoms with Gasteiger partial charge in [0, 0.05) is 17.1 Å². The van der Waals surface area contributed by atoms with E-state index in [0.29, 0.717) is 21.5 Å². The molecule has 9 heteroatoms. The molecule has 0 heterocycles. The average Bonchev–Trinajstić information content (AvgIpc) is 2.97. The molecule has 2 saturated carbocycles. The Morgan fingerprint density at radius 2 is 1.40 bits per heavy atom. The van der Waals surface area contributed by atoms with Gasteiger partial charge in [-0.05, 0) is 80.3 Å². The van der Waals surface area contributed by atoms with Crippen molar-refractivity contribution >= 4 is 44.8 Å². The van der Waals surface area contributed by atoms with E-state index in [9.17, 15) is 13.2 Å². The zero-order chi connectivity index (χ0) is 28.1. The molecule has 3 aromatic carbocycles. The van der Waals surface area contributed by atoms with Crippen molar-refractivity contribution in [2.75, 3.05) is 4.72 Å². The van der Waals surface area contributed by atoms with Crippen LogP contribution in [0.25, 0.3) is 0 Å². The molecule has 212 valence electrons. The highest BCUT2D eigenvalue weighted by atomic mass is 35.5. The smallest absolute Gasteiger partial charge is 0.261 e. The van der Waals surface area contributed by atoms with Crippen molar-refractivity contribution in [2.24, 2.45) is 0 Å². The van der Waals surface area contributed by atoms with Crippen LogP contribution in [0.5, 0.6) is 11.5 Å². The number of sulfonamides is 1. The van der Waals surface area contributed by atoms with Gasteiger partial charge in [0.1, 0.15) is 11.5 Å². The van der Waals surface area contributed by atoms with Crippen LogP contribution in [0.15, 0.2) is 71.6 Å². The average molecular weight is 602 g/mol. The van der Waals surface area contributed by atoms with Gasteiger partial charge in [0.2, 0.25) is 0 Å². The normalized spacial score (nSPS) is 16.9. The SMILES string of the molecule is O=C(c1cc(Cl)ccc1NS(=O)(=O)c1ccc(Oc2ccccc2Cl)cc1)N(C1CCCCC1)C1CCCCC1. The predicted molar refractivity (Wildman–Crippen MR) is 160 cm³/mol. The molecule has 0 aliphatic heterocycles. The highest BCUT2D eigenvalue weighted by Gasteiger charge is 2.34. The molecule has 1 amide bonds. The Bertz CT molecular complexity index is 1420. The Balaban J connectivity index is 1.40. The predicted octanol–water partition coefficient (Wildman–Crippen LogP) is 8.69. The molecule has 6 nitrogen and oxygen atoms in total. The monoisotopic (exact) mass is 600 g/mol. The van der Waals surface area contributed by atoms with E-state index >= 15 is 0 Å². The molecule has 5 rings (SSSR count). The van der Waals surface area contributed by atoms with Crippen LogP contribution in [0.4, 0.5) is 5.69 Å². The summed E-state index contributed by atoms with van der Waals surface area (Å²) in [5.74, 6) is 0.773. The van der Waals surface area contributed by atoms with Crippen molar-refractivity contribution in [1.82, 2.24) is 4.90 Å². The fourth-order valence-corrected chi connectivity index (χ4v) is 7.24. The summed E-state index contributed by atoms with van der Waals surface area (Å²) in [5.41, 5.74) is 0.508. The van der Waals surface area contributed by atoms with Crippen molar-refractivity contribution in [2.45, 2.75) is 81.2 Å². The van der Waals surface area contributed by atoms with E-state index in [1.165, 1.54) is 25.0 Å². The number of carbonyl (C=O) groups is 1. The molecule has 0 radical (unpaired) electrons. The molecule has 2 aliphatic carbocycles. The molecule has 2 fully saturated rings. The Labute approximate surface area is 246 Å². The van der Waals surface area contributed by atoms with Gasteiger partial charge in [-0.1, -0.05) is 73.9 Å². The summed E-state index contributed by atoms with van der Waals surface area (Å²) in [6.07, 6.45) is 10.7. The van der Waals surface area contributed by atoms with E-state index in [0.717, 1.165) is 51.4 Å². The van der Waals surface area contributed by atoms with Gasteiger partial charge in [-0.3, -0.25) is 9.52 Å². The lowest BCUT2D eigenvalue weighted by Gasteiger charge is -2.42. The highest BCUT2D eigenvalue weighted by molar-refractivity contribution is 7.92. The molecule has 0 spiro atoms. The fourth-order valence-electron chi connectivity index (χ4n) is 5.81. The molecule has 1 N–H and O–H groups in total. The molecule has 0 aromatic heterocycles. The number of benzene rings is 3. The molecule has 0 unspecified atom stereocenters. The molecule has 3 aromatic rings. The maximum atomic E-state index is 14.2. The van der Waals surface area contributed by atoms with E-state index in [4.69, 9.17) is 27.9 Å². The van der Waals surface area contributed by atoms with Crippen LogP contribution < -0.4 is 9.46 Å². The van der Waals surface area contributed by atoms with Crippen molar-refractivity contribution in [3.05, 3.63) is 82.3 Å². The number of hydrogen-bond donors (Lipinski definition) is 1. The van der Waals surface area contributed by atoms with Crippen molar-refractivity contribution < 1.29 is 17.9 Å². The first-order chi connectivity index (χ1) is 19.3. The Kier molecular flexibility index (Phi) is 9.24. The van der Waals surface area contributed by atoms with Crippen LogP contribution in [-0.2, 0) is 10.0 Å². The highest BCUT2D eigenvalue weighted by Crippen LogP contribution is 2.34. The summed E-state index contributed by atoms with van der Waals surface area (Å²) in [6.45, 7) is 0. The van der Waals surface area contributed by atoms with Crippen LogP contribution in [-0.4, -0.2) is 31.3 Å². The van der Waals surface area contributed by atoms with Gasteiger partial charge in [0.25, 0.3) is 15.9 Å². The lowest BCUT2D eigenvalue weighted by Crippen LogP contribution is -2.49. The van der Waals surface area contributed by atoms with Crippen LogP contribution in [0.3, 0.4) is 0 Å². The Morgan fingerprint density at radius 1 is 0.800 bits per heavy atom. The molecular formula is C31H34Cl2N2O4S. The minimum atomic E-state index is -4.00. The van der Waals surface area contributed by atoms with Crippen LogP contribution in [0.1, 0.15) is 74.6 Å². The molecule has 0 saturated heterocycles. The number of amides is 1. The number of anilines is 1. The number of rotatable bonds is 8. The minimum Gasteiger partial charge on any atom is -0.456 e. The van der Waals surface area contributed by atoms with E-state index in [2.05, 4.69) is 9.62 Å². The summed E-state index contributed by atoms with van der Waals surface area (Å²) < 4.78 is 35.3. The van der Waals surface area contributed by atoms with Gasteiger partial charge in [-0.15, -0.1) is 0 Å². The third kappa shape index (κ3) is 6.76. The summed E-state index contributed by atoms with van der Waals surface area (Å²) >= 11 is 12.5. The van der Waals surface area contributed by atoms with E-state index < -0.39 is 10.0 Å². The van der Waals surface area contributed by atoms with Gasteiger partial charge in [-0.2, -0.15) is 0 Å². The summed E-state index contributed by atoms with van der Waals surface area (Å²) in [4.78, 5) is 16.3. The van der Waals surface area contributed by atoms with Crippen LogP contribution in [0, 0.1) is 0 Å². The summed E-state index contributed by atoms with van der Waals surface area (Å²) in [7, 11) is -4.00. The molecule has 0 atom stereocenters. The van der Waals surface area contributed by atoms with Crippen LogP contribution in [0.2, 0.25) is 10.0 Å². The first-order valence-electron chi connectivity index (χ1n) is 14.0.